The van der Waals surface area contributed by atoms with Crippen LogP contribution in [-0.2, 0) is 6.54 Å². The van der Waals surface area contributed by atoms with E-state index in [1.807, 2.05) is 13.0 Å². The van der Waals surface area contributed by atoms with Crippen LogP contribution in [0, 0.1) is 23.0 Å². The summed E-state index contributed by atoms with van der Waals surface area (Å²) in [6.07, 6.45) is 0. The summed E-state index contributed by atoms with van der Waals surface area (Å²) in [5, 5.41) is 11.8. The molecule has 0 unspecified atom stereocenters. The summed E-state index contributed by atoms with van der Waals surface area (Å²) in [4.78, 5) is 0. The molecule has 0 spiro atoms. The standard InChI is InChI=1S/C16H14F2N2/c1-11(13-4-6-15(17)7-5-13)20-10-14-3-2-12(9-19)8-16(14)18/h2-8,11,20H,10H2,1H3/t11-/m0/s1. The number of rotatable bonds is 4. The lowest BCUT2D eigenvalue weighted by Gasteiger charge is -2.14. The molecule has 0 amide bonds. The normalized spacial score (nSPS) is 11.9. The van der Waals surface area contributed by atoms with E-state index in [-0.39, 0.29) is 11.9 Å². The van der Waals surface area contributed by atoms with E-state index in [0.717, 1.165) is 5.56 Å². The number of nitriles is 1. The van der Waals surface area contributed by atoms with Gasteiger partial charge in [0.05, 0.1) is 11.6 Å². The van der Waals surface area contributed by atoms with E-state index in [9.17, 15) is 8.78 Å². The minimum absolute atomic E-state index is 0.0226. The second-order valence-electron chi connectivity index (χ2n) is 4.57. The summed E-state index contributed by atoms with van der Waals surface area (Å²) in [7, 11) is 0. The molecule has 0 fully saturated rings. The lowest BCUT2D eigenvalue weighted by molar-refractivity contribution is 0.543. The molecule has 20 heavy (non-hydrogen) atoms. The number of hydrogen-bond acceptors (Lipinski definition) is 2. The van der Waals surface area contributed by atoms with Crippen LogP contribution in [-0.4, -0.2) is 0 Å². The van der Waals surface area contributed by atoms with Crippen LogP contribution in [0.15, 0.2) is 42.5 Å². The molecule has 102 valence electrons. The van der Waals surface area contributed by atoms with Crippen molar-refractivity contribution in [2.24, 2.45) is 0 Å². The number of nitrogens with zero attached hydrogens (tertiary/aromatic N) is 1. The fourth-order valence-electron chi connectivity index (χ4n) is 1.89. The van der Waals surface area contributed by atoms with E-state index >= 15 is 0 Å². The molecule has 2 rings (SSSR count). The smallest absolute Gasteiger partial charge is 0.129 e. The van der Waals surface area contributed by atoms with E-state index < -0.39 is 5.82 Å². The Morgan fingerprint density at radius 2 is 1.85 bits per heavy atom. The third-order valence-corrected chi connectivity index (χ3v) is 3.15. The van der Waals surface area contributed by atoms with Gasteiger partial charge in [0.15, 0.2) is 0 Å². The van der Waals surface area contributed by atoms with Gasteiger partial charge in [-0.2, -0.15) is 5.26 Å². The highest BCUT2D eigenvalue weighted by Gasteiger charge is 2.08. The summed E-state index contributed by atoms with van der Waals surface area (Å²) in [5.74, 6) is -0.679. The highest BCUT2D eigenvalue weighted by atomic mass is 19.1. The Kier molecular flexibility index (Phi) is 4.44. The van der Waals surface area contributed by atoms with Gasteiger partial charge in [0.1, 0.15) is 11.6 Å². The SMILES string of the molecule is C[C@H](NCc1ccc(C#N)cc1F)c1ccc(F)cc1. The van der Waals surface area contributed by atoms with Crippen LogP contribution in [0.3, 0.4) is 0 Å². The summed E-state index contributed by atoms with van der Waals surface area (Å²) in [6, 6.07) is 12.5. The number of hydrogen-bond donors (Lipinski definition) is 1. The second-order valence-corrected chi connectivity index (χ2v) is 4.57. The molecule has 0 aliphatic heterocycles. The molecule has 0 bridgehead atoms. The first-order valence-electron chi connectivity index (χ1n) is 6.27. The number of nitrogens with one attached hydrogen (secondary N) is 1. The predicted molar refractivity (Wildman–Crippen MR) is 72.8 cm³/mol. The Morgan fingerprint density at radius 1 is 1.15 bits per heavy atom. The van der Waals surface area contributed by atoms with Crippen molar-refractivity contribution in [2.75, 3.05) is 0 Å². The van der Waals surface area contributed by atoms with Gasteiger partial charge in [-0.3, -0.25) is 0 Å². The van der Waals surface area contributed by atoms with E-state index in [4.69, 9.17) is 5.26 Å². The van der Waals surface area contributed by atoms with Crippen LogP contribution >= 0.6 is 0 Å². The van der Waals surface area contributed by atoms with Crippen LogP contribution in [0.1, 0.15) is 29.7 Å². The fourth-order valence-corrected chi connectivity index (χ4v) is 1.89. The first kappa shape index (κ1) is 14.2. The molecule has 0 radical (unpaired) electrons. The topological polar surface area (TPSA) is 35.8 Å². The molecule has 0 aliphatic carbocycles. The third-order valence-electron chi connectivity index (χ3n) is 3.15. The zero-order chi connectivity index (χ0) is 14.5. The largest absolute Gasteiger partial charge is 0.306 e. The molecule has 0 saturated heterocycles. The van der Waals surface area contributed by atoms with Gasteiger partial charge in [-0.15, -0.1) is 0 Å². The van der Waals surface area contributed by atoms with Crippen molar-refractivity contribution in [2.45, 2.75) is 19.5 Å². The Hall–Kier alpha value is -2.25. The Bertz CT molecular complexity index is 630. The summed E-state index contributed by atoms with van der Waals surface area (Å²) in [5.41, 5.74) is 1.73. The number of halogens is 2. The van der Waals surface area contributed by atoms with Gasteiger partial charge in [-0.05, 0) is 36.8 Å². The van der Waals surface area contributed by atoms with E-state index in [2.05, 4.69) is 5.32 Å². The minimum Gasteiger partial charge on any atom is -0.306 e. The molecule has 2 nitrogen and oxygen atoms in total. The zero-order valence-corrected chi connectivity index (χ0v) is 11.0. The third kappa shape index (κ3) is 3.40. The molecular formula is C16H14F2N2. The van der Waals surface area contributed by atoms with E-state index in [1.54, 1.807) is 24.3 Å². The zero-order valence-electron chi connectivity index (χ0n) is 11.0. The van der Waals surface area contributed by atoms with Gasteiger partial charge in [0, 0.05) is 18.2 Å². The monoisotopic (exact) mass is 272 g/mol. The molecule has 1 atom stereocenters. The van der Waals surface area contributed by atoms with Crippen LogP contribution < -0.4 is 5.32 Å². The maximum atomic E-state index is 13.7. The number of benzene rings is 2. The molecule has 0 aliphatic rings. The lowest BCUT2D eigenvalue weighted by Crippen LogP contribution is -2.18. The average Bonchev–Trinajstić information content (AvgIpc) is 2.46. The van der Waals surface area contributed by atoms with Crippen molar-refractivity contribution >= 4 is 0 Å². The van der Waals surface area contributed by atoms with Crippen LogP contribution in [0.5, 0.6) is 0 Å². The quantitative estimate of drug-likeness (QED) is 0.921. The van der Waals surface area contributed by atoms with Crippen LogP contribution in [0.25, 0.3) is 0 Å². The van der Waals surface area contributed by atoms with Crippen molar-refractivity contribution in [3.05, 3.63) is 70.8 Å². The highest BCUT2D eigenvalue weighted by molar-refractivity contribution is 5.33. The molecule has 0 saturated carbocycles. The van der Waals surface area contributed by atoms with E-state index in [0.29, 0.717) is 17.7 Å². The van der Waals surface area contributed by atoms with Gasteiger partial charge in [-0.1, -0.05) is 18.2 Å². The molecule has 0 aromatic heterocycles. The molecule has 4 heteroatoms. The van der Waals surface area contributed by atoms with Crippen molar-refractivity contribution < 1.29 is 8.78 Å². The van der Waals surface area contributed by atoms with Crippen molar-refractivity contribution in [3.8, 4) is 6.07 Å². The lowest BCUT2D eigenvalue weighted by atomic mass is 10.1. The second kappa shape index (κ2) is 6.27. The van der Waals surface area contributed by atoms with Crippen molar-refractivity contribution in [1.82, 2.24) is 5.32 Å². The summed E-state index contributed by atoms with van der Waals surface area (Å²) < 4.78 is 26.5. The van der Waals surface area contributed by atoms with Crippen molar-refractivity contribution in [1.29, 1.82) is 5.26 Å². The van der Waals surface area contributed by atoms with Crippen molar-refractivity contribution in [3.63, 3.8) is 0 Å². The van der Waals surface area contributed by atoms with Gasteiger partial charge < -0.3 is 5.32 Å². The molecule has 2 aromatic carbocycles. The van der Waals surface area contributed by atoms with Crippen LogP contribution in [0.4, 0.5) is 8.78 Å². The first-order valence-corrected chi connectivity index (χ1v) is 6.27. The van der Waals surface area contributed by atoms with Gasteiger partial charge in [-0.25, -0.2) is 8.78 Å². The Balaban J connectivity index is 2.01. The molecule has 2 aromatic rings. The van der Waals surface area contributed by atoms with E-state index in [1.165, 1.54) is 18.2 Å². The fraction of sp³-hybridized carbons (Fsp3) is 0.188. The predicted octanol–water partition coefficient (Wildman–Crippen LogP) is 3.69. The van der Waals surface area contributed by atoms with Gasteiger partial charge >= 0.3 is 0 Å². The van der Waals surface area contributed by atoms with Gasteiger partial charge in [0.25, 0.3) is 0 Å². The molecule has 1 N–H and O–H groups in total. The average molecular weight is 272 g/mol. The molecular weight excluding hydrogens is 258 g/mol. The Morgan fingerprint density at radius 3 is 2.45 bits per heavy atom. The first-order chi connectivity index (χ1) is 9.60. The minimum atomic E-state index is -0.400. The van der Waals surface area contributed by atoms with Crippen LogP contribution in [0.2, 0.25) is 0 Å². The summed E-state index contributed by atoms with van der Waals surface area (Å²) >= 11 is 0. The maximum Gasteiger partial charge on any atom is 0.129 e. The molecule has 0 heterocycles. The van der Waals surface area contributed by atoms with Gasteiger partial charge in [0.2, 0.25) is 0 Å². The highest BCUT2D eigenvalue weighted by Crippen LogP contribution is 2.15. The summed E-state index contributed by atoms with van der Waals surface area (Å²) in [6.45, 7) is 2.27. The Labute approximate surface area is 116 Å². The maximum absolute atomic E-state index is 13.7.